The molecule has 4 bridgehead atoms. The van der Waals surface area contributed by atoms with Crippen LogP contribution in [0.3, 0.4) is 0 Å². The number of esters is 1. The fourth-order valence-electron chi connectivity index (χ4n) is 7.80. The molecule has 0 spiro atoms. The lowest BCUT2D eigenvalue weighted by molar-refractivity contribution is -0.346. The first kappa shape index (κ1) is 22.6. The summed E-state index contributed by atoms with van der Waals surface area (Å²) < 4.78 is 16.9. The number of aliphatic hydroxyl groups is 5. The summed E-state index contributed by atoms with van der Waals surface area (Å²) in [6.45, 7) is 5.50. The SMILES string of the molecule is CC(=O)O[C@H]1C[C@H]2OC[C@@]2(O)[C@H]2[C@H](O)[C@@H]3C[C@H](O)[C@@]4(C)OCC3(C)[C@@]4(O)[C@@H](O)C(=O)[C@]12C. The molecule has 2 saturated heterocycles. The fraction of sp³-hybridized carbons (Fsp3) is 0.909. The molecular weight excluding hydrogens is 424 g/mol. The number of ketones is 1. The van der Waals surface area contributed by atoms with E-state index in [9.17, 15) is 35.1 Å². The number of carbonyl (C=O) groups is 2. The molecule has 0 radical (unpaired) electrons. The van der Waals surface area contributed by atoms with E-state index in [4.69, 9.17) is 14.2 Å². The molecule has 12 atom stereocenters. The normalized spacial score (nSPS) is 61.0. The van der Waals surface area contributed by atoms with Crippen LogP contribution < -0.4 is 0 Å². The van der Waals surface area contributed by atoms with E-state index in [1.807, 2.05) is 0 Å². The smallest absolute Gasteiger partial charge is 0.302 e. The third-order valence-electron chi connectivity index (χ3n) is 9.82. The maximum absolute atomic E-state index is 14.0. The van der Waals surface area contributed by atoms with Crippen molar-refractivity contribution in [1.29, 1.82) is 0 Å². The van der Waals surface area contributed by atoms with E-state index in [1.54, 1.807) is 6.92 Å². The van der Waals surface area contributed by atoms with Gasteiger partial charge in [-0.3, -0.25) is 9.59 Å². The summed E-state index contributed by atoms with van der Waals surface area (Å²) >= 11 is 0. The maximum atomic E-state index is 14.0. The molecule has 2 heterocycles. The summed E-state index contributed by atoms with van der Waals surface area (Å²) in [7, 11) is 0. The lowest BCUT2D eigenvalue weighted by Gasteiger charge is -2.67. The van der Waals surface area contributed by atoms with Crippen molar-refractivity contribution in [1.82, 2.24) is 0 Å². The third-order valence-corrected chi connectivity index (χ3v) is 9.82. The molecule has 3 saturated carbocycles. The summed E-state index contributed by atoms with van der Waals surface area (Å²) in [4.78, 5) is 25.9. The minimum atomic E-state index is -2.22. The van der Waals surface area contributed by atoms with Gasteiger partial charge in [0, 0.05) is 24.7 Å². The predicted molar refractivity (Wildman–Crippen MR) is 105 cm³/mol. The molecule has 3 aliphatic carbocycles. The zero-order valence-electron chi connectivity index (χ0n) is 18.6. The second kappa shape index (κ2) is 6.29. The van der Waals surface area contributed by atoms with Gasteiger partial charge in [-0.25, -0.2) is 0 Å². The van der Waals surface area contributed by atoms with Gasteiger partial charge in [-0.1, -0.05) is 6.92 Å². The van der Waals surface area contributed by atoms with Crippen LogP contribution in [0.1, 0.15) is 40.5 Å². The molecule has 10 heteroatoms. The van der Waals surface area contributed by atoms with E-state index in [0.717, 1.165) is 0 Å². The lowest BCUT2D eigenvalue weighted by Crippen LogP contribution is -2.83. The van der Waals surface area contributed by atoms with Crippen LogP contribution in [0.5, 0.6) is 0 Å². The largest absolute Gasteiger partial charge is 0.461 e. The highest BCUT2D eigenvalue weighted by Gasteiger charge is 2.82. The first-order valence-corrected chi connectivity index (χ1v) is 11.2. The standard InChI is InChI=1S/C22H32O10/c1-9(23)32-12-6-13-21(28,8-30-13)15-14(25)10-5-11(24)20(4)22(29,18(10,2)7-31-20)17(27)16(26)19(12,15)3/h10-15,17,24-25,27-29H,5-8H2,1-4H3/t10-,11-,12-,13+,14+,15-,17-,18?,19+,20+,21-,22-/m0/s1. The van der Waals surface area contributed by atoms with Crippen LogP contribution in [0.4, 0.5) is 0 Å². The summed E-state index contributed by atoms with van der Waals surface area (Å²) in [5, 5.41) is 57.7. The van der Waals surface area contributed by atoms with Crippen LogP contribution in [0.15, 0.2) is 0 Å². The molecule has 5 N–H and O–H groups in total. The van der Waals surface area contributed by atoms with Gasteiger partial charge >= 0.3 is 5.97 Å². The zero-order chi connectivity index (χ0) is 23.6. The highest BCUT2D eigenvalue weighted by Crippen LogP contribution is 2.67. The van der Waals surface area contributed by atoms with Crippen molar-refractivity contribution in [2.75, 3.05) is 13.2 Å². The van der Waals surface area contributed by atoms with E-state index in [1.165, 1.54) is 20.8 Å². The number of hydrogen-bond acceptors (Lipinski definition) is 10. The molecule has 180 valence electrons. The number of fused-ring (bicyclic) bond motifs is 3. The van der Waals surface area contributed by atoms with E-state index >= 15 is 0 Å². The highest BCUT2D eigenvalue weighted by molar-refractivity contribution is 5.92. The molecule has 10 nitrogen and oxygen atoms in total. The Morgan fingerprint density at radius 3 is 2.31 bits per heavy atom. The Hall–Kier alpha value is -1.14. The van der Waals surface area contributed by atoms with Gasteiger partial charge in [-0.15, -0.1) is 0 Å². The van der Waals surface area contributed by atoms with Gasteiger partial charge in [0.2, 0.25) is 0 Å². The summed E-state index contributed by atoms with van der Waals surface area (Å²) in [5.74, 6) is -3.52. The van der Waals surface area contributed by atoms with E-state index in [0.29, 0.717) is 0 Å². The van der Waals surface area contributed by atoms with Gasteiger partial charge < -0.3 is 39.7 Å². The van der Waals surface area contributed by atoms with Crippen molar-refractivity contribution in [2.45, 2.75) is 87.9 Å². The quantitative estimate of drug-likeness (QED) is 0.287. The Bertz CT molecular complexity index is 879. The van der Waals surface area contributed by atoms with Crippen molar-refractivity contribution in [2.24, 2.45) is 22.7 Å². The average Bonchev–Trinajstić information content (AvgIpc) is 2.86. The average molecular weight is 456 g/mol. The molecule has 32 heavy (non-hydrogen) atoms. The maximum Gasteiger partial charge on any atom is 0.302 e. The monoisotopic (exact) mass is 456 g/mol. The topological polar surface area (TPSA) is 163 Å². The molecule has 0 aromatic heterocycles. The summed E-state index contributed by atoms with van der Waals surface area (Å²) in [5.41, 5.74) is -8.48. The Morgan fingerprint density at radius 1 is 1.09 bits per heavy atom. The van der Waals surface area contributed by atoms with Gasteiger partial charge in [0.25, 0.3) is 0 Å². The molecule has 5 rings (SSSR count). The second-order valence-corrected chi connectivity index (χ2v) is 11.1. The van der Waals surface area contributed by atoms with Crippen LogP contribution in [0.25, 0.3) is 0 Å². The minimum absolute atomic E-state index is 0.00498. The molecule has 2 aliphatic heterocycles. The number of rotatable bonds is 1. The summed E-state index contributed by atoms with van der Waals surface area (Å²) in [6, 6.07) is 0. The van der Waals surface area contributed by atoms with E-state index < -0.39 is 81.7 Å². The number of hydrogen-bond donors (Lipinski definition) is 5. The zero-order valence-corrected chi connectivity index (χ0v) is 18.6. The van der Waals surface area contributed by atoms with Crippen molar-refractivity contribution in [3.63, 3.8) is 0 Å². The molecular formula is C22H32O10. The van der Waals surface area contributed by atoms with Crippen LogP contribution in [-0.4, -0.2) is 97.8 Å². The van der Waals surface area contributed by atoms with Gasteiger partial charge in [-0.2, -0.15) is 0 Å². The van der Waals surface area contributed by atoms with Gasteiger partial charge in [0.05, 0.1) is 36.9 Å². The number of aliphatic hydroxyl groups excluding tert-OH is 3. The Kier molecular flexibility index (Phi) is 4.45. The van der Waals surface area contributed by atoms with Crippen molar-refractivity contribution < 1.29 is 49.3 Å². The highest BCUT2D eigenvalue weighted by atomic mass is 16.6. The Morgan fingerprint density at radius 2 is 1.75 bits per heavy atom. The Balaban J connectivity index is 1.75. The fourth-order valence-corrected chi connectivity index (χ4v) is 7.80. The molecule has 0 aromatic rings. The molecule has 5 aliphatic rings. The van der Waals surface area contributed by atoms with Crippen LogP contribution >= 0.6 is 0 Å². The van der Waals surface area contributed by atoms with Crippen molar-refractivity contribution >= 4 is 11.8 Å². The van der Waals surface area contributed by atoms with Crippen LogP contribution in [-0.2, 0) is 23.8 Å². The number of Topliss-reactive ketones (excluding diaryl/α,β-unsaturated/α-hetero) is 1. The molecule has 5 fully saturated rings. The van der Waals surface area contributed by atoms with Crippen LogP contribution in [0.2, 0.25) is 0 Å². The Labute approximate surface area is 185 Å². The lowest BCUT2D eigenvalue weighted by atomic mass is 9.42. The molecule has 1 unspecified atom stereocenters. The van der Waals surface area contributed by atoms with E-state index in [2.05, 4.69) is 0 Å². The number of ether oxygens (including phenoxy) is 3. The van der Waals surface area contributed by atoms with E-state index in [-0.39, 0.29) is 26.1 Å². The molecule has 0 aromatic carbocycles. The van der Waals surface area contributed by atoms with Crippen LogP contribution in [0, 0.1) is 22.7 Å². The van der Waals surface area contributed by atoms with Gasteiger partial charge in [0.1, 0.15) is 29.0 Å². The molecule has 0 amide bonds. The number of carbonyl (C=O) groups excluding carboxylic acids is 2. The second-order valence-electron chi connectivity index (χ2n) is 11.1. The minimum Gasteiger partial charge on any atom is -0.461 e. The summed E-state index contributed by atoms with van der Waals surface area (Å²) in [6.07, 6.45) is -6.51. The third kappa shape index (κ3) is 2.16. The van der Waals surface area contributed by atoms with Crippen molar-refractivity contribution in [3.8, 4) is 0 Å². The van der Waals surface area contributed by atoms with Gasteiger partial charge in [0.15, 0.2) is 5.78 Å². The predicted octanol–water partition coefficient (Wildman–Crippen LogP) is -1.71. The first-order chi connectivity index (χ1) is 14.7. The van der Waals surface area contributed by atoms with Gasteiger partial charge in [-0.05, 0) is 26.2 Å². The first-order valence-electron chi connectivity index (χ1n) is 11.2. The van der Waals surface area contributed by atoms with Crippen molar-refractivity contribution in [3.05, 3.63) is 0 Å².